The van der Waals surface area contributed by atoms with E-state index in [9.17, 15) is 8.42 Å². The highest BCUT2D eigenvalue weighted by Gasteiger charge is 2.55. The number of aromatic nitrogens is 2. The molecule has 2 heterocycles. The number of hydrogen-bond acceptors (Lipinski definition) is 7. The van der Waals surface area contributed by atoms with Crippen molar-refractivity contribution in [3.8, 4) is 0 Å². The van der Waals surface area contributed by atoms with Gasteiger partial charge in [0, 0.05) is 25.4 Å². The number of ether oxygens (including phenoxy) is 1. The maximum Gasteiger partial charge on any atom is 0.189 e. The van der Waals surface area contributed by atoms with Gasteiger partial charge in [0.15, 0.2) is 15.0 Å². The Morgan fingerprint density at radius 1 is 1.29 bits per heavy atom. The number of nitrogens with zero attached hydrogens (tertiary/aromatic N) is 3. The second-order valence-electron chi connectivity index (χ2n) is 5.46. The SMILES string of the molecule is CSc1nc(N2CCOCC2)cc(C2(S(C)(=O)=O)CC2)n1. The van der Waals surface area contributed by atoms with E-state index in [0.717, 1.165) is 18.9 Å². The van der Waals surface area contributed by atoms with Crippen LogP contribution < -0.4 is 4.90 Å². The van der Waals surface area contributed by atoms with E-state index in [0.29, 0.717) is 36.9 Å². The number of hydrogen-bond donors (Lipinski definition) is 0. The zero-order valence-electron chi connectivity index (χ0n) is 12.2. The standard InChI is InChI=1S/C13H19N3O3S2/c1-20-12-14-10(13(3-4-13)21(2,17)18)9-11(15-12)16-5-7-19-8-6-16/h9H,3-8H2,1-2H3. The molecule has 0 amide bonds. The lowest BCUT2D eigenvalue weighted by Gasteiger charge is -2.28. The smallest absolute Gasteiger partial charge is 0.189 e. The summed E-state index contributed by atoms with van der Waals surface area (Å²) in [6.07, 6.45) is 4.51. The van der Waals surface area contributed by atoms with Crippen molar-refractivity contribution in [2.75, 3.05) is 43.7 Å². The van der Waals surface area contributed by atoms with Gasteiger partial charge in [-0.2, -0.15) is 0 Å². The van der Waals surface area contributed by atoms with Crippen LogP contribution >= 0.6 is 11.8 Å². The van der Waals surface area contributed by atoms with Gasteiger partial charge in [-0.1, -0.05) is 11.8 Å². The van der Waals surface area contributed by atoms with Gasteiger partial charge in [-0.25, -0.2) is 18.4 Å². The van der Waals surface area contributed by atoms with E-state index >= 15 is 0 Å². The molecule has 2 aliphatic rings. The van der Waals surface area contributed by atoms with Gasteiger partial charge < -0.3 is 9.64 Å². The monoisotopic (exact) mass is 329 g/mol. The Morgan fingerprint density at radius 3 is 2.48 bits per heavy atom. The molecule has 116 valence electrons. The minimum atomic E-state index is -3.16. The average molecular weight is 329 g/mol. The fraction of sp³-hybridized carbons (Fsp3) is 0.692. The van der Waals surface area contributed by atoms with E-state index in [-0.39, 0.29) is 0 Å². The van der Waals surface area contributed by atoms with Crippen LogP contribution in [0.3, 0.4) is 0 Å². The number of anilines is 1. The Morgan fingerprint density at radius 2 is 1.95 bits per heavy atom. The largest absolute Gasteiger partial charge is 0.378 e. The molecule has 1 aromatic heterocycles. The predicted octanol–water partition coefficient (Wildman–Crippen LogP) is 1.07. The Hall–Kier alpha value is -0.860. The lowest BCUT2D eigenvalue weighted by atomic mass is 10.2. The molecule has 1 aliphatic heterocycles. The molecule has 0 atom stereocenters. The molecule has 0 radical (unpaired) electrons. The minimum Gasteiger partial charge on any atom is -0.378 e. The molecule has 0 N–H and O–H groups in total. The van der Waals surface area contributed by atoms with Crippen molar-refractivity contribution in [3.63, 3.8) is 0 Å². The Kier molecular flexibility index (Phi) is 3.87. The fourth-order valence-electron chi connectivity index (χ4n) is 2.62. The summed E-state index contributed by atoms with van der Waals surface area (Å²) in [7, 11) is -3.16. The Labute approximate surface area is 129 Å². The van der Waals surface area contributed by atoms with Gasteiger partial charge in [-0.15, -0.1) is 0 Å². The lowest BCUT2D eigenvalue weighted by Crippen LogP contribution is -2.37. The molecule has 1 aromatic rings. The van der Waals surface area contributed by atoms with Crippen LogP contribution in [0.25, 0.3) is 0 Å². The Balaban J connectivity index is 2.02. The van der Waals surface area contributed by atoms with Gasteiger partial charge in [-0.05, 0) is 19.1 Å². The first-order valence-electron chi connectivity index (χ1n) is 6.92. The van der Waals surface area contributed by atoms with E-state index in [2.05, 4.69) is 14.9 Å². The molecule has 0 bridgehead atoms. The molecule has 3 rings (SSSR count). The van der Waals surface area contributed by atoms with Crippen LogP contribution in [0.2, 0.25) is 0 Å². The molecule has 0 unspecified atom stereocenters. The van der Waals surface area contributed by atoms with Crippen molar-refractivity contribution in [1.29, 1.82) is 0 Å². The zero-order chi connectivity index (χ0) is 15.1. The normalized spacial score (nSPS) is 21.3. The third-order valence-electron chi connectivity index (χ3n) is 4.09. The maximum absolute atomic E-state index is 12.1. The summed E-state index contributed by atoms with van der Waals surface area (Å²) in [6, 6.07) is 1.85. The van der Waals surface area contributed by atoms with Crippen LogP contribution in [-0.2, 0) is 19.3 Å². The highest BCUT2D eigenvalue weighted by atomic mass is 32.2. The number of thioether (sulfide) groups is 1. The van der Waals surface area contributed by atoms with Gasteiger partial charge in [0.2, 0.25) is 0 Å². The number of morpholine rings is 1. The fourth-order valence-corrected chi connectivity index (χ4v) is 4.32. The van der Waals surface area contributed by atoms with Crippen molar-refractivity contribution in [2.24, 2.45) is 0 Å². The van der Waals surface area contributed by atoms with E-state index in [1.54, 1.807) is 0 Å². The molecule has 21 heavy (non-hydrogen) atoms. The minimum absolute atomic E-state index is 0.629. The molecular formula is C13H19N3O3S2. The van der Waals surface area contributed by atoms with Crippen LogP contribution in [0.1, 0.15) is 18.5 Å². The molecule has 0 aromatic carbocycles. The van der Waals surface area contributed by atoms with Crippen LogP contribution in [0.4, 0.5) is 5.82 Å². The maximum atomic E-state index is 12.1. The second kappa shape index (κ2) is 5.40. The first kappa shape index (κ1) is 15.1. The van der Waals surface area contributed by atoms with Crippen LogP contribution in [-0.4, -0.2) is 57.2 Å². The molecule has 6 nitrogen and oxygen atoms in total. The first-order chi connectivity index (χ1) is 9.96. The second-order valence-corrected chi connectivity index (χ2v) is 8.56. The highest BCUT2D eigenvalue weighted by Crippen LogP contribution is 2.52. The molecular weight excluding hydrogens is 310 g/mol. The van der Waals surface area contributed by atoms with E-state index in [4.69, 9.17) is 4.74 Å². The Bertz CT molecular complexity index is 638. The topological polar surface area (TPSA) is 72.4 Å². The van der Waals surface area contributed by atoms with Gasteiger partial charge in [0.05, 0.1) is 18.9 Å². The van der Waals surface area contributed by atoms with Gasteiger partial charge >= 0.3 is 0 Å². The van der Waals surface area contributed by atoms with Crippen LogP contribution in [0.5, 0.6) is 0 Å². The first-order valence-corrected chi connectivity index (χ1v) is 10.0. The van der Waals surface area contributed by atoms with E-state index in [1.807, 2.05) is 12.3 Å². The van der Waals surface area contributed by atoms with Crippen LogP contribution in [0.15, 0.2) is 11.2 Å². The third-order valence-corrected chi connectivity index (χ3v) is 6.68. The summed E-state index contributed by atoms with van der Waals surface area (Å²) < 4.78 is 28.8. The summed E-state index contributed by atoms with van der Waals surface area (Å²) in [5.41, 5.74) is 0.644. The summed E-state index contributed by atoms with van der Waals surface area (Å²) >= 11 is 1.44. The van der Waals surface area contributed by atoms with Crippen molar-refractivity contribution >= 4 is 27.4 Å². The molecule has 1 saturated carbocycles. The van der Waals surface area contributed by atoms with Gasteiger partial charge in [0.1, 0.15) is 10.6 Å². The third kappa shape index (κ3) is 2.76. The van der Waals surface area contributed by atoms with Crippen molar-refractivity contribution in [1.82, 2.24) is 9.97 Å². The molecule has 2 fully saturated rings. The number of rotatable bonds is 4. The van der Waals surface area contributed by atoms with Crippen molar-refractivity contribution in [2.45, 2.75) is 22.7 Å². The summed E-state index contributed by atoms with van der Waals surface area (Å²) in [6.45, 7) is 2.89. The summed E-state index contributed by atoms with van der Waals surface area (Å²) in [5.74, 6) is 0.808. The van der Waals surface area contributed by atoms with E-state index < -0.39 is 14.6 Å². The van der Waals surface area contributed by atoms with Crippen molar-refractivity contribution in [3.05, 3.63) is 11.8 Å². The van der Waals surface area contributed by atoms with Crippen molar-refractivity contribution < 1.29 is 13.2 Å². The van der Waals surface area contributed by atoms with Gasteiger partial charge in [0.25, 0.3) is 0 Å². The highest BCUT2D eigenvalue weighted by molar-refractivity contribution is 7.98. The summed E-state index contributed by atoms with van der Waals surface area (Å²) in [4.78, 5) is 11.1. The molecule has 1 saturated heterocycles. The lowest BCUT2D eigenvalue weighted by molar-refractivity contribution is 0.122. The molecule has 1 aliphatic carbocycles. The number of sulfone groups is 1. The average Bonchev–Trinajstić information content (AvgIpc) is 3.29. The molecule has 8 heteroatoms. The van der Waals surface area contributed by atoms with Crippen LogP contribution in [0, 0.1) is 0 Å². The predicted molar refractivity (Wildman–Crippen MR) is 82.6 cm³/mol. The molecule has 0 spiro atoms. The van der Waals surface area contributed by atoms with Gasteiger partial charge in [-0.3, -0.25) is 0 Å². The van der Waals surface area contributed by atoms with E-state index in [1.165, 1.54) is 18.0 Å². The summed E-state index contributed by atoms with van der Waals surface area (Å²) in [5, 5.41) is 0.629. The quantitative estimate of drug-likeness (QED) is 0.604. The zero-order valence-corrected chi connectivity index (χ0v) is 13.8.